The predicted molar refractivity (Wildman–Crippen MR) is 153 cm³/mol. The molecule has 2 aliphatic rings. The second kappa shape index (κ2) is 11.3. The van der Waals surface area contributed by atoms with Crippen molar-refractivity contribution >= 4 is 29.1 Å². The van der Waals surface area contributed by atoms with Crippen LogP contribution in [0.4, 0.5) is 11.4 Å². The van der Waals surface area contributed by atoms with Crippen molar-refractivity contribution in [2.24, 2.45) is 0 Å². The molecule has 40 heavy (non-hydrogen) atoms. The quantitative estimate of drug-likeness (QED) is 0.487. The van der Waals surface area contributed by atoms with E-state index in [0.29, 0.717) is 55.3 Å². The number of piperidine rings is 1. The van der Waals surface area contributed by atoms with Crippen molar-refractivity contribution in [3.63, 3.8) is 0 Å². The Hall–Kier alpha value is -4.53. The first kappa shape index (κ1) is 27.1. The number of rotatable bonds is 7. The van der Waals surface area contributed by atoms with Crippen LogP contribution in [0.5, 0.6) is 11.5 Å². The van der Waals surface area contributed by atoms with E-state index in [1.807, 2.05) is 61.5 Å². The van der Waals surface area contributed by atoms with Crippen LogP contribution in [0.25, 0.3) is 0 Å². The van der Waals surface area contributed by atoms with Gasteiger partial charge in [-0.05, 0) is 61.7 Å². The van der Waals surface area contributed by atoms with Crippen LogP contribution in [0, 0.1) is 6.92 Å². The number of ether oxygens (including phenoxy) is 2. The minimum Gasteiger partial charge on any atom is -0.497 e. The van der Waals surface area contributed by atoms with Crippen molar-refractivity contribution < 1.29 is 23.9 Å². The lowest BCUT2D eigenvalue weighted by atomic mass is 9.85. The van der Waals surface area contributed by atoms with Gasteiger partial charge in [0.25, 0.3) is 11.8 Å². The molecule has 0 saturated carbocycles. The molecule has 2 fully saturated rings. The van der Waals surface area contributed by atoms with Gasteiger partial charge in [0.1, 0.15) is 23.6 Å². The largest absolute Gasteiger partial charge is 0.497 e. The Labute approximate surface area is 234 Å². The lowest BCUT2D eigenvalue weighted by molar-refractivity contribution is -0.136. The van der Waals surface area contributed by atoms with E-state index in [2.05, 4.69) is 10.2 Å². The number of nitrogens with zero attached hydrogens (tertiary/aromatic N) is 3. The van der Waals surface area contributed by atoms with Gasteiger partial charge < -0.3 is 29.5 Å². The summed E-state index contributed by atoms with van der Waals surface area (Å²) >= 11 is 0. The number of methoxy groups -OCH3 is 2. The fraction of sp³-hybridized carbons (Fsp3) is 0.323. The van der Waals surface area contributed by atoms with Crippen LogP contribution in [-0.2, 0) is 9.59 Å². The molecule has 0 radical (unpaired) electrons. The Morgan fingerprint density at radius 1 is 0.925 bits per heavy atom. The molecule has 0 aromatic heterocycles. The summed E-state index contributed by atoms with van der Waals surface area (Å²) in [6.45, 7) is 3.00. The highest BCUT2D eigenvalue weighted by atomic mass is 16.5. The molecule has 2 saturated heterocycles. The molecule has 9 nitrogen and oxygen atoms in total. The number of anilines is 2. The Morgan fingerprint density at radius 3 is 2.35 bits per heavy atom. The van der Waals surface area contributed by atoms with Crippen LogP contribution in [0.2, 0.25) is 0 Å². The number of benzene rings is 3. The van der Waals surface area contributed by atoms with E-state index in [4.69, 9.17) is 9.47 Å². The molecule has 3 amide bonds. The second-order valence-corrected chi connectivity index (χ2v) is 10.2. The summed E-state index contributed by atoms with van der Waals surface area (Å²) < 4.78 is 10.7. The van der Waals surface area contributed by atoms with E-state index in [-0.39, 0.29) is 24.3 Å². The molecule has 2 heterocycles. The van der Waals surface area contributed by atoms with Gasteiger partial charge in [-0.15, -0.1) is 0 Å². The molecule has 0 unspecified atom stereocenters. The molecule has 208 valence electrons. The van der Waals surface area contributed by atoms with Crippen molar-refractivity contribution in [1.82, 2.24) is 9.80 Å². The predicted octanol–water partition coefficient (Wildman–Crippen LogP) is 3.93. The zero-order valence-corrected chi connectivity index (χ0v) is 23.1. The summed E-state index contributed by atoms with van der Waals surface area (Å²) in [6, 6.07) is 22.5. The summed E-state index contributed by atoms with van der Waals surface area (Å²) in [5.41, 5.74) is 2.26. The molecule has 1 spiro atoms. The zero-order valence-electron chi connectivity index (χ0n) is 23.1. The summed E-state index contributed by atoms with van der Waals surface area (Å²) in [6.07, 6.45) is 0.891. The van der Waals surface area contributed by atoms with E-state index in [1.54, 1.807) is 35.1 Å². The van der Waals surface area contributed by atoms with Gasteiger partial charge in [-0.25, -0.2) is 0 Å². The van der Waals surface area contributed by atoms with Crippen molar-refractivity contribution in [2.75, 3.05) is 50.7 Å². The molecule has 0 aliphatic carbocycles. The standard InChI is InChI=1S/C31H34N4O5/c1-22-8-7-9-23(18-22)32-28(36)20-34-21-35(24-10-5-4-6-11-24)31(30(34)38)14-16-33(17-15-31)29(37)26-13-12-25(39-2)19-27(26)40-3/h4-13,18-19H,14-17,20-21H2,1-3H3,(H,32,36). The minimum atomic E-state index is -0.842. The summed E-state index contributed by atoms with van der Waals surface area (Å²) in [4.78, 5) is 45.9. The molecule has 0 bridgehead atoms. The third-order valence-corrected chi connectivity index (χ3v) is 7.74. The van der Waals surface area contributed by atoms with Gasteiger partial charge in [-0.3, -0.25) is 14.4 Å². The summed E-state index contributed by atoms with van der Waals surface area (Å²) in [5.74, 6) is 0.555. The maximum atomic E-state index is 14.0. The molecule has 1 N–H and O–H groups in total. The Bertz CT molecular complexity index is 1400. The average Bonchev–Trinajstić information content (AvgIpc) is 3.23. The number of para-hydroxylation sites is 1. The topological polar surface area (TPSA) is 91.4 Å². The average molecular weight is 543 g/mol. The number of hydrogen-bond acceptors (Lipinski definition) is 6. The van der Waals surface area contributed by atoms with Crippen molar-refractivity contribution in [2.45, 2.75) is 25.3 Å². The van der Waals surface area contributed by atoms with Crippen molar-refractivity contribution in [1.29, 1.82) is 0 Å². The van der Waals surface area contributed by atoms with Gasteiger partial charge in [-0.2, -0.15) is 0 Å². The third kappa shape index (κ3) is 5.19. The van der Waals surface area contributed by atoms with Gasteiger partial charge in [0.05, 0.1) is 26.5 Å². The molecular weight excluding hydrogens is 508 g/mol. The van der Waals surface area contributed by atoms with E-state index in [0.717, 1.165) is 11.3 Å². The first-order valence-corrected chi connectivity index (χ1v) is 13.3. The number of aryl methyl sites for hydroxylation is 1. The lowest BCUT2D eigenvalue weighted by Gasteiger charge is -2.43. The number of likely N-dealkylation sites (tertiary alicyclic amines) is 1. The number of carbonyl (C=O) groups excluding carboxylic acids is 3. The molecule has 9 heteroatoms. The summed E-state index contributed by atoms with van der Waals surface area (Å²) in [5, 5.41) is 2.91. The van der Waals surface area contributed by atoms with Gasteiger partial charge in [0.15, 0.2) is 0 Å². The van der Waals surface area contributed by atoms with Crippen molar-refractivity contribution in [3.05, 3.63) is 83.9 Å². The van der Waals surface area contributed by atoms with E-state index < -0.39 is 5.54 Å². The highest BCUT2D eigenvalue weighted by Crippen LogP contribution is 2.40. The highest BCUT2D eigenvalue weighted by Gasteiger charge is 2.54. The molecule has 2 aliphatic heterocycles. The van der Waals surface area contributed by atoms with Crippen LogP contribution in [-0.4, -0.2) is 73.6 Å². The minimum absolute atomic E-state index is 0.0520. The van der Waals surface area contributed by atoms with Gasteiger partial charge in [-0.1, -0.05) is 30.3 Å². The fourth-order valence-corrected chi connectivity index (χ4v) is 5.64. The van der Waals surface area contributed by atoms with E-state index in [9.17, 15) is 14.4 Å². The van der Waals surface area contributed by atoms with Crippen LogP contribution >= 0.6 is 0 Å². The number of hydrogen-bond donors (Lipinski definition) is 1. The van der Waals surface area contributed by atoms with Crippen LogP contribution in [0.1, 0.15) is 28.8 Å². The third-order valence-electron chi connectivity index (χ3n) is 7.74. The SMILES string of the molecule is COc1ccc(C(=O)N2CCC3(CC2)C(=O)N(CC(=O)Nc2cccc(C)c2)CN3c2ccccc2)c(OC)c1. The smallest absolute Gasteiger partial charge is 0.257 e. The number of carbonyl (C=O) groups is 3. The first-order chi connectivity index (χ1) is 19.3. The van der Waals surface area contributed by atoms with Crippen molar-refractivity contribution in [3.8, 4) is 11.5 Å². The van der Waals surface area contributed by atoms with Crippen LogP contribution in [0.3, 0.4) is 0 Å². The highest BCUT2D eigenvalue weighted by molar-refractivity contribution is 6.00. The fourth-order valence-electron chi connectivity index (χ4n) is 5.64. The lowest BCUT2D eigenvalue weighted by Crippen LogP contribution is -2.57. The normalized spacial score (nSPS) is 16.3. The summed E-state index contributed by atoms with van der Waals surface area (Å²) in [7, 11) is 3.09. The zero-order chi connectivity index (χ0) is 28.3. The van der Waals surface area contributed by atoms with Gasteiger partial charge >= 0.3 is 0 Å². The first-order valence-electron chi connectivity index (χ1n) is 13.3. The second-order valence-electron chi connectivity index (χ2n) is 10.2. The molecular formula is C31H34N4O5. The molecule has 3 aromatic carbocycles. The molecule has 5 rings (SSSR count). The van der Waals surface area contributed by atoms with E-state index >= 15 is 0 Å². The van der Waals surface area contributed by atoms with Crippen LogP contribution in [0.15, 0.2) is 72.8 Å². The van der Waals surface area contributed by atoms with Crippen LogP contribution < -0.4 is 19.7 Å². The van der Waals surface area contributed by atoms with Gasteiger partial charge in [0, 0.05) is 30.5 Å². The Kier molecular flexibility index (Phi) is 7.64. The van der Waals surface area contributed by atoms with Gasteiger partial charge in [0.2, 0.25) is 5.91 Å². The Balaban J connectivity index is 1.34. The maximum Gasteiger partial charge on any atom is 0.257 e. The Morgan fingerprint density at radius 2 is 1.68 bits per heavy atom. The van der Waals surface area contributed by atoms with E-state index in [1.165, 1.54) is 7.11 Å². The number of amides is 3. The number of nitrogens with one attached hydrogen (secondary N) is 1. The monoisotopic (exact) mass is 542 g/mol. The molecule has 0 atom stereocenters. The molecule has 3 aromatic rings. The maximum absolute atomic E-state index is 14.0.